The van der Waals surface area contributed by atoms with Gasteiger partial charge in [0, 0.05) is 30.0 Å². The first-order valence-electron chi connectivity index (χ1n) is 9.85. The molecule has 2 aromatic heterocycles. The second kappa shape index (κ2) is 8.87. The molecule has 154 valence electrons. The number of nitrogens with zero attached hydrogens (tertiary/aromatic N) is 4. The number of morpholine rings is 1. The standard InChI is InChI=1S/C22H24N6O2/c1-15-11-17(4-6-20(15)28-7-9-30-10-8-28)19-13-23-14-21(26-19)27-22(29)25-18-5-3-16(2)24-12-18/h3-6,11-14H,7-10H2,1-2H3,(H2,25,26,27,29). The molecule has 1 aliphatic heterocycles. The van der Waals surface area contributed by atoms with Crippen molar-refractivity contribution < 1.29 is 9.53 Å². The number of amides is 2. The van der Waals surface area contributed by atoms with Gasteiger partial charge in [-0.25, -0.2) is 9.78 Å². The van der Waals surface area contributed by atoms with Crippen LogP contribution in [-0.4, -0.2) is 47.3 Å². The molecule has 30 heavy (non-hydrogen) atoms. The Balaban J connectivity index is 1.46. The number of carbonyl (C=O) groups is 1. The van der Waals surface area contributed by atoms with Gasteiger partial charge in [-0.15, -0.1) is 0 Å². The Morgan fingerprint density at radius 2 is 1.87 bits per heavy atom. The number of carbonyl (C=O) groups excluding carboxylic acids is 1. The maximum Gasteiger partial charge on any atom is 0.324 e. The third-order valence-electron chi connectivity index (χ3n) is 4.89. The summed E-state index contributed by atoms with van der Waals surface area (Å²) in [4.78, 5) is 27.5. The Morgan fingerprint density at radius 1 is 1.03 bits per heavy atom. The van der Waals surface area contributed by atoms with Gasteiger partial charge in [0.05, 0.1) is 43.2 Å². The van der Waals surface area contributed by atoms with Crippen LogP contribution in [0.4, 0.5) is 22.0 Å². The van der Waals surface area contributed by atoms with Crippen LogP contribution in [0.25, 0.3) is 11.3 Å². The van der Waals surface area contributed by atoms with E-state index in [9.17, 15) is 4.79 Å². The molecule has 0 unspecified atom stereocenters. The minimum Gasteiger partial charge on any atom is -0.378 e. The number of aromatic nitrogens is 3. The third-order valence-corrected chi connectivity index (χ3v) is 4.89. The molecule has 0 aliphatic carbocycles. The molecule has 2 amide bonds. The van der Waals surface area contributed by atoms with Gasteiger partial charge in [-0.3, -0.25) is 15.3 Å². The zero-order valence-corrected chi connectivity index (χ0v) is 17.1. The van der Waals surface area contributed by atoms with E-state index in [1.807, 2.05) is 19.1 Å². The zero-order valence-electron chi connectivity index (χ0n) is 17.1. The van der Waals surface area contributed by atoms with Crippen molar-refractivity contribution in [3.05, 3.63) is 60.2 Å². The number of hydrogen-bond acceptors (Lipinski definition) is 6. The van der Waals surface area contributed by atoms with Crippen LogP contribution in [0.2, 0.25) is 0 Å². The second-order valence-corrected chi connectivity index (χ2v) is 7.16. The predicted octanol–water partition coefficient (Wildman–Crippen LogP) is 3.64. The summed E-state index contributed by atoms with van der Waals surface area (Å²) in [5.74, 6) is 0.375. The molecular formula is C22H24N6O2. The van der Waals surface area contributed by atoms with Gasteiger partial charge >= 0.3 is 6.03 Å². The highest BCUT2D eigenvalue weighted by Gasteiger charge is 2.14. The van der Waals surface area contributed by atoms with Crippen LogP contribution in [0.1, 0.15) is 11.3 Å². The number of nitrogens with one attached hydrogen (secondary N) is 2. The normalized spacial score (nSPS) is 13.7. The fraction of sp³-hybridized carbons (Fsp3) is 0.273. The summed E-state index contributed by atoms with van der Waals surface area (Å²) in [5.41, 5.74) is 5.51. The van der Waals surface area contributed by atoms with Crippen LogP contribution in [0, 0.1) is 13.8 Å². The summed E-state index contributed by atoms with van der Waals surface area (Å²) in [6.07, 6.45) is 4.82. The van der Waals surface area contributed by atoms with E-state index in [2.05, 4.69) is 49.5 Å². The lowest BCUT2D eigenvalue weighted by Gasteiger charge is -2.30. The summed E-state index contributed by atoms with van der Waals surface area (Å²) in [7, 11) is 0. The number of benzene rings is 1. The quantitative estimate of drug-likeness (QED) is 0.690. The first-order chi connectivity index (χ1) is 14.6. The molecule has 2 N–H and O–H groups in total. The van der Waals surface area contributed by atoms with E-state index in [1.165, 1.54) is 17.4 Å². The Labute approximate surface area is 175 Å². The van der Waals surface area contributed by atoms with Crippen LogP contribution in [0.5, 0.6) is 0 Å². The molecule has 1 aliphatic rings. The maximum absolute atomic E-state index is 12.3. The van der Waals surface area contributed by atoms with E-state index < -0.39 is 6.03 Å². The van der Waals surface area contributed by atoms with Crippen molar-refractivity contribution in [1.82, 2.24) is 15.0 Å². The van der Waals surface area contributed by atoms with Crippen molar-refractivity contribution in [3.63, 3.8) is 0 Å². The summed E-state index contributed by atoms with van der Waals surface area (Å²) < 4.78 is 5.44. The van der Waals surface area contributed by atoms with Crippen molar-refractivity contribution in [2.45, 2.75) is 13.8 Å². The average molecular weight is 404 g/mol. The lowest BCUT2D eigenvalue weighted by atomic mass is 10.1. The highest BCUT2D eigenvalue weighted by Crippen LogP contribution is 2.27. The third kappa shape index (κ3) is 4.72. The number of anilines is 3. The van der Waals surface area contributed by atoms with Crippen LogP contribution in [-0.2, 0) is 4.74 Å². The number of urea groups is 1. The molecule has 3 heterocycles. The molecule has 4 rings (SSSR count). The maximum atomic E-state index is 12.3. The topological polar surface area (TPSA) is 92.3 Å². The van der Waals surface area contributed by atoms with Crippen LogP contribution in [0.3, 0.4) is 0 Å². The molecule has 8 heteroatoms. The number of aryl methyl sites for hydroxylation is 2. The molecule has 1 fully saturated rings. The Kier molecular flexibility index (Phi) is 5.85. The van der Waals surface area contributed by atoms with E-state index in [0.29, 0.717) is 17.2 Å². The molecule has 8 nitrogen and oxygen atoms in total. The van der Waals surface area contributed by atoms with E-state index in [4.69, 9.17) is 4.74 Å². The van der Waals surface area contributed by atoms with Gasteiger partial charge in [0.15, 0.2) is 5.82 Å². The monoisotopic (exact) mass is 404 g/mol. The highest BCUT2D eigenvalue weighted by molar-refractivity contribution is 5.99. The summed E-state index contributed by atoms with van der Waals surface area (Å²) >= 11 is 0. The SMILES string of the molecule is Cc1ccc(NC(=O)Nc2cncc(-c3ccc(N4CCOCC4)c(C)c3)n2)cn1. The predicted molar refractivity (Wildman–Crippen MR) is 117 cm³/mol. The molecule has 0 radical (unpaired) electrons. The number of ether oxygens (including phenoxy) is 1. The second-order valence-electron chi connectivity index (χ2n) is 7.16. The van der Waals surface area contributed by atoms with E-state index in [-0.39, 0.29) is 0 Å². The molecule has 1 saturated heterocycles. The van der Waals surface area contributed by atoms with Crippen LogP contribution < -0.4 is 15.5 Å². The molecule has 3 aromatic rings. The van der Waals surface area contributed by atoms with Crippen molar-refractivity contribution in [2.75, 3.05) is 41.8 Å². The highest BCUT2D eigenvalue weighted by atomic mass is 16.5. The van der Waals surface area contributed by atoms with Gasteiger partial charge in [0.25, 0.3) is 0 Å². The summed E-state index contributed by atoms with van der Waals surface area (Å²) in [5, 5.41) is 5.45. The minimum atomic E-state index is -0.397. The molecule has 1 aromatic carbocycles. The molecule has 0 spiro atoms. The first-order valence-corrected chi connectivity index (χ1v) is 9.85. The van der Waals surface area contributed by atoms with Gasteiger partial charge in [-0.2, -0.15) is 0 Å². The molecule has 0 bridgehead atoms. The van der Waals surface area contributed by atoms with Crippen molar-refractivity contribution >= 4 is 23.2 Å². The van der Waals surface area contributed by atoms with Crippen molar-refractivity contribution in [2.24, 2.45) is 0 Å². The van der Waals surface area contributed by atoms with E-state index in [0.717, 1.165) is 37.6 Å². The lowest BCUT2D eigenvalue weighted by molar-refractivity contribution is 0.122. The largest absolute Gasteiger partial charge is 0.378 e. The number of pyridine rings is 1. The van der Waals surface area contributed by atoms with Gasteiger partial charge in [0.1, 0.15) is 0 Å². The molecular weight excluding hydrogens is 380 g/mol. The molecule has 0 atom stereocenters. The van der Waals surface area contributed by atoms with Crippen molar-refractivity contribution in [1.29, 1.82) is 0 Å². The average Bonchev–Trinajstić information content (AvgIpc) is 2.76. The fourth-order valence-electron chi connectivity index (χ4n) is 3.36. The van der Waals surface area contributed by atoms with Crippen LogP contribution >= 0.6 is 0 Å². The fourth-order valence-corrected chi connectivity index (χ4v) is 3.36. The number of rotatable bonds is 4. The van der Waals surface area contributed by atoms with E-state index >= 15 is 0 Å². The van der Waals surface area contributed by atoms with Gasteiger partial charge in [-0.1, -0.05) is 6.07 Å². The van der Waals surface area contributed by atoms with Gasteiger partial charge in [-0.05, 0) is 43.7 Å². The van der Waals surface area contributed by atoms with Crippen LogP contribution in [0.15, 0.2) is 48.9 Å². The Hall–Kier alpha value is -3.52. The van der Waals surface area contributed by atoms with E-state index in [1.54, 1.807) is 18.5 Å². The van der Waals surface area contributed by atoms with Gasteiger partial charge < -0.3 is 15.0 Å². The van der Waals surface area contributed by atoms with Crippen molar-refractivity contribution in [3.8, 4) is 11.3 Å². The Morgan fingerprint density at radius 3 is 2.60 bits per heavy atom. The number of hydrogen-bond donors (Lipinski definition) is 2. The smallest absolute Gasteiger partial charge is 0.324 e. The Bertz CT molecular complexity index is 1030. The first kappa shape index (κ1) is 19.8. The summed E-state index contributed by atoms with van der Waals surface area (Å²) in [6, 6.07) is 9.46. The van der Waals surface area contributed by atoms with Gasteiger partial charge in [0.2, 0.25) is 0 Å². The zero-order chi connectivity index (χ0) is 20.9. The minimum absolute atomic E-state index is 0.375. The molecule has 0 saturated carbocycles. The lowest BCUT2D eigenvalue weighted by Crippen LogP contribution is -2.36. The summed E-state index contributed by atoms with van der Waals surface area (Å²) in [6.45, 7) is 7.27.